The number of carbonyl (C=O) groups is 11. The van der Waals surface area contributed by atoms with E-state index in [2.05, 4.69) is 53.2 Å². The first-order valence-electron chi connectivity index (χ1n) is 32.2. The molecule has 0 aliphatic carbocycles. The Kier molecular flexibility index (Phi) is 38.5. The molecule has 89 heavy (non-hydrogen) atoms. The first-order chi connectivity index (χ1) is 42.4. The lowest BCUT2D eigenvalue weighted by molar-refractivity contribution is -0.137. The summed E-state index contributed by atoms with van der Waals surface area (Å²) < 4.78 is 0. The molecule has 0 unspecified atom stereocenters. The van der Waals surface area contributed by atoms with Gasteiger partial charge in [-0.15, -0.1) is 0 Å². The van der Waals surface area contributed by atoms with Crippen molar-refractivity contribution in [3.8, 4) is 0 Å². The van der Waals surface area contributed by atoms with Gasteiger partial charge in [-0.05, 0) is 178 Å². The molecule has 0 saturated carbocycles. The number of primary amides is 1. The molecule has 27 nitrogen and oxygen atoms in total. The zero-order valence-electron chi connectivity index (χ0n) is 53.7. The van der Waals surface area contributed by atoms with Crippen LogP contribution < -0.4 is 87.6 Å². The second kappa shape index (κ2) is 43.8. The fraction of sp³-hybridized carbons (Fsp3) is 0.726. The van der Waals surface area contributed by atoms with Gasteiger partial charge in [0.25, 0.3) is 0 Å². The third kappa shape index (κ3) is 31.5. The van der Waals surface area contributed by atoms with Gasteiger partial charge in [0.05, 0.1) is 0 Å². The molecule has 1 aliphatic heterocycles. The highest BCUT2D eigenvalue weighted by Crippen LogP contribution is 2.16. The summed E-state index contributed by atoms with van der Waals surface area (Å²) in [4.78, 5) is 158. The van der Waals surface area contributed by atoms with Gasteiger partial charge in [-0.2, -0.15) is 0 Å². The van der Waals surface area contributed by atoms with Crippen LogP contribution in [-0.4, -0.2) is 158 Å². The highest BCUT2D eigenvalue weighted by Gasteiger charge is 2.37. The smallest absolute Gasteiger partial charge is 0.243 e. The van der Waals surface area contributed by atoms with Gasteiger partial charge >= 0.3 is 0 Å². The minimum Gasteiger partial charge on any atom is -0.370 e. The van der Waals surface area contributed by atoms with Crippen molar-refractivity contribution in [1.82, 2.24) is 53.2 Å². The molecule has 0 spiro atoms. The topological polar surface area (TPSA) is 464 Å². The Balaban J connectivity index is 3.01. The predicted molar refractivity (Wildman–Crippen MR) is 341 cm³/mol. The quantitative estimate of drug-likeness (QED) is 0.0402. The van der Waals surface area contributed by atoms with Crippen molar-refractivity contribution < 1.29 is 52.7 Å². The largest absolute Gasteiger partial charge is 0.370 e. The molecule has 27 heteroatoms. The maximum Gasteiger partial charge on any atom is 0.243 e. The minimum absolute atomic E-state index is 0.0378. The summed E-state index contributed by atoms with van der Waals surface area (Å²) in [6.07, 6.45) is 3.86. The van der Waals surface area contributed by atoms with Crippen molar-refractivity contribution >= 4 is 65.0 Å². The summed E-state index contributed by atoms with van der Waals surface area (Å²) in [7, 11) is 0. The zero-order chi connectivity index (χ0) is 66.4. The van der Waals surface area contributed by atoms with Crippen molar-refractivity contribution in [3.05, 3.63) is 35.9 Å². The number of unbranched alkanes of at least 4 members (excludes halogenated alkanes) is 5. The Morgan fingerprint density at radius 3 is 0.775 bits per heavy atom. The molecule has 1 saturated heterocycles. The van der Waals surface area contributed by atoms with E-state index in [0.29, 0.717) is 69.8 Å². The van der Waals surface area contributed by atoms with Gasteiger partial charge in [-0.1, -0.05) is 71.9 Å². The summed E-state index contributed by atoms with van der Waals surface area (Å²) in [6, 6.07) is -4.31. The van der Waals surface area contributed by atoms with Gasteiger partial charge < -0.3 is 87.6 Å². The Hall–Kier alpha value is -6.81. The number of amides is 11. The Bertz CT molecular complexity index is 2370. The maximum atomic E-state index is 14.8. The average molecular weight is 1260 g/mol. The number of nitrogens with one attached hydrogen (secondary N) is 10. The van der Waals surface area contributed by atoms with Crippen LogP contribution in [0.1, 0.15) is 176 Å². The van der Waals surface area contributed by atoms with Crippen LogP contribution in [-0.2, 0) is 59.2 Å². The third-order valence-electron chi connectivity index (χ3n) is 15.1. The number of rotatable bonds is 31. The molecule has 0 bridgehead atoms. The Labute approximate surface area is 526 Å². The predicted octanol–water partition coefficient (Wildman–Crippen LogP) is -0.861. The van der Waals surface area contributed by atoms with Crippen molar-refractivity contribution in [2.75, 3.05) is 32.7 Å². The monoisotopic (exact) mass is 1250 g/mol. The summed E-state index contributed by atoms with van der Waals surface area (Å²) in [5.74, 6) is -9.16. The summed E-state index contributed by atoms with van der Waals surface area (Å²) in [6.45, 7) is 12.2. The molecule has 1 aromatic carbocycles. The van der Waals surface area contributed by atoms with E-state index in [4.69, 9.17) is 34.4 Å². The molecule has 1 heterocycles. The second-order valence-corrected chi connectivity index (χ2v) is 24.6. The first-order valence-corrected chi connectivity index (χ1v) is 32.2. The van der Waals surface area contributed by atoms with E-state index in [1.165, 1.54) is 0 Å². The number of hydrogen-bond donors (Lipinski definition) is 16. The number of benzene rings is 1. The van der Waals surface area contributed by atoms with Crippen LogP contribution >= 0.6 is 0 Å². The van der Waals surface area contributed by atoms with E-state index in [1.807, 2.05) is 13.8 Å². The van der Waals surface area contributed by atoms with Gasteiger partial charge in [0.15, 0.2) is 0 Å². The standard InChI is InChI=1S/C62H110N16O11/c1-38(2)34-48-59(86)71-42(22-10-15-29-63)53(80)70-45(25-13-18-32-66)57(84)78-51(37-41-20-8-7-9-21-41)62(89)73-43(23-11-16-30-64)54(81)69-44(24-12-17-31-65)55(82)76-50(36-40(5)6)61(88)74-47(27-28-52(68)79)58(85)77-49(35-39(3)4)60(87)72-46(56(83)75-48)26-14-19-33-67/h7-9,20-21,38-40,42-51H,10-19,22-37,63-67H2,1-6H3,(H2,68,79)(H,69,81)(H,70,80)(H,71,86)(H,72,87)(H,73,89)(H,74,88)(H,75,83)(H,76,82)(H,77,85)(H,78,84)/t42-,43-,44-,45-,46-,47-,48-,49-,50-,51-/m0/s1. The third-order valence-corrected chi connectivity index (χ3v) is 15.1. The normalized spacial score (nSPS) is 23.9. The molecular weight excluding hydrogens is 1140 g/mol. The van der Waals surface area contributed by atoms with E-state index in [9.17, 15) is 52.7 Å². The Morgan fingerprint density at radius 2 is 0.539 bits per heavy atom. The highest BCUT2D eigenvalue weighted by atomic mass is 16.2. The summed E-state index contributed by atoms with van der Waals surface area (Å²) >= 11 is 0. The van der Waals surface area contributed by atoms with Crippen molar-refractivity contribution in [2.24, 2.45) is 52.2 Å². The summed E-state index contributed by atoms with van der Waals surface area (Å²) in [5, 5.41) is 27.9. The van der Waals surface area contributed by atoms with Crippen LogP contribution in [0.3, 0.4) is 0 Å². The SMILES string of the molecule is CC(C)C[C@@H]1NC(=O)[C@H](CCCCN)NC(=O)[C@H](CC(C)C)NC(=O)[C@H](CCC(N)=O)NC(=O)[C@H](CC(C)C)NC(=O)[C@H](CCCCN)NC(=O)[C@H](CCCCN)NC(=O)[C@H](Cc2ccccc2)NC(=O)[C@H](CCCCN)NC(=O)[C@H](CCCCN)NC1=O. The summed E-state index contributed by atoms with van der Waals surface area (Å²) in [5.41, 5.74) is 35.6. The van der Waals surface area contributed by atoms with E-state index < -0.39 is 125 Å². The molecule has 2 rings (SSSR count). The molecular formula is C62H110N16O11. The zero-order valence-corrected chi connectivity index (χ0v) is 53.7. The van der Waals surface area contributed by atoms with Gasteiger partial charge in [-0.25, -0.2) is 0 Å². The molecule has 504 valence electrons. The molecule has 1 aromatic rings. The van der Waals surface area contributed by atoms with E-state index in [-0.39, 0.29) is 121 Å². The molecule has 11 amide bonds. The minimum atomic E-state index is -1.49. The van der Waals surface area contributed by atoms with Crippen LogP contribution in [0.15, 0.2) is 30.3 Å². The average Bonchev–Trinajstić information content (AvgIpc) is 3.14. The lowest BCUT2D eigenvalue weighted by Gasteiger charge is -2.30. The lowest BCUT2D eigenvalue weighted by Crippen LogP contribution is -2.61. The van der Waals surface area contributed by atoms with Crippen LogP contribution in [0.25, 0.3) is 0 Å². The molecule has 10 atom stereocenters. The van der Waals surface area contributed by atoms with Crippen LogP contribution in [0.4, 0.5) is 0 Å². The van der Waals surface area contributed by atoms with E-state index in [1.54, 1.807) is 58.0 Å². The fourth-order valence-electron chi connectivity index (χ4n) is 10.3. The van der Waals surface area contributed by atoms with Gasteiger partial charge in [0, 0.05) is 12.8 Å². The van der Waals surface area contributed by atoms with Crippen LogP contribution in [0.2, 0.25) is 0 Å². The van der Waals surface area contributed by atoms with E-state index in [0.717, 1.165) is 0 Å². The molecule has 1 fully saturated rings. The lowest BCUT2D eigenvalue weighted by atomic mass is 9.99. The van der Waals surface area contributed by atoms with Crippen molar-refractivity contribution in [3.63, 3.8) is 0 Å². The Morgan fingerprint density at radius 1 is 0.326 bits per heavy atom. The number of hydrogen-bond acceptors (Lipinski definition) is 16. The molecule has 0 aromatic heterocycles. The first kappa shape index (κ1) is 78.3. The van der Waals surface area contributed by atoms with Gasteiger partial charge in [-0.3, -0.25) is 52.7 Å². The molecule has 22 N–H and O–H groups in total. The van der Waals surface area contributed by atoms with Gasteiger partial charge in [0.1, 0.15) is 60.4 Å². The van der Waals surface area contributed by atoms with Gasteiger partial charge in [0.2, 0.25) is 65.0 Å². The number of carbonyl (C=O) groups excluding carboxylic acids is 11. The maximum absolute atomic E-state index is 14.8. The fourth-order valence-corrected chi connectivity index (χ4v) is 10.3. The van der Waals surface area contributed by atoms with Crippen molar-refractivity contribution in [2.45, 2.75) is 237 Å². The second-order valence-electron chi connectivity index (χ2n) is 24.6. The molecule has 0 radical (unpaired) electrons. The van der Waals surface area contributed by atoms with Crippen LogP contribution in [0, 0.1) is 17.8 Å². The molecule has 1 aliphatic rings. The van der Waals surface area contributed by atoms with E-state index >= 15 is 0 Å². The highest BCUT2D eigenvalue weighted by molar-refractivity contribution is 5.99. The van der Waals surface area contributed by atoms with Crippen LogP contribution in [0.5, 0.6) is 0 Å². The van der Waals surface area contributed by atoms with Crippen molar-refractivity contribution in [1.29, 1.82) is 0 Å². The number of nitrogens with two attached hydrogens (primary N) is 6.